The molecule has 2 amide bonds. The highest BCUT2D eigenvalue weighted by molar-refractivity contribution is 9.10. The maximum Gasteiger partial charge on any atom is 0.259 e. The van der Waals surface area contributed by atoms with Crippen LogP contribution in [0.3, 0.4) is 0 Å². The van der Waals surface area contributed by atoms with Gasteiger partial charge < -0.3 is 9.47 Å². The van der Waals surface area contributed by atoms with Crippen molar-refractivity contribution in [2.24, 2.45) is 5.92 Å². The zero-order chi connectivity index (χ0) is 29.7. The normalized spacial score (nSPS) is 22.8. The molecule has 0 aromatic heterocycles. The minimum atomic E-state index is -0.720. The van der Waals surface area contributed by atoms with Crippen molar-refractivity contribution >= 4 is 39.1 Å². The van der Waals surface area contributed by atoms with Crippen molar-refractivity contribution in [1.29, 1.82) is 0 Å². The zero-order valence-corrected chi connectivity index (χ0v) is 25.3. The minimum Gasteiger partial charge on any atom is -0.497 e. The SMILES string of the molecule is COc1ccc(C2C=C3CC(c4ccc(OC)cc4)N(c4ccccc4)N3C3C(=O)N(c4cccc(Br)c4)C(=O)C23)cc1. The van der Waals surface area contributed by atoms with Crippen LogP contribution >= 0.6 is 15.9 Å². The first kappa shape index (κ1) is 27.3. The fourth-order valence-electron chi connectivity index (χ4n) is 6.69. The highest BCUT2D eigenvalue weighted by atomic mass is 79.9. The summed E-state index contributed by atoms with van der Waals surface area (Å²) in [4.78, 5) is 30.3. The number of anilines is 2. The van der Waals surface area contributed by atoms with E-state index in [0.717, 1.165) is 38.5 Å². The second-order valence-electron chi connectivity index (χ2n) is 10.9. The molecular weight excluding hydrogens is 606 g/mol. The number of rotatable bonds is 6. The van der Waals surface area contributed by atoms with E-state index < -0.39 is 12.0 Å². The molecule has 3 heterocycles. The summed E-state index contributed by atoms with van der Waals surface area (Å²) in [6, 6.07) is 32.5. The zero-order valence-electron chi connectivity index (χ0n) is 23.8. The Morgan fingerprint density at radius 1 is 0.698 bits per heavy atom. The van der Waals surface area contributed by atoms with Crippen molar-refractivity contribution < 1.29 is 19.1 Å². The number of methoxy groups -OCH3 is 2. The Hall–Kier alpha value is -4.56. The first-order valence-electron chi connectivity index (χ1n) is 14.2. The number of carbonyl (C=O) groups is 2. The van der Waals surface area contributed by atoms with Crippen molar-refractivity contribution in [2.45, 2.75) is 24.4 Å². The van der Waals surface area contributed by atoms with Gasteiger partial charge in [0, 0.05) is 22.5 Å². The maximum atomic E-state index is 14.5. The molecule has 4 atom stereocenters. The van der Waals surface area contributed by atoms with Gasteiger partial charge in [-0.2, -0.15) is 0 Å². The lowest BCUT2D eigenvalue weighted by Crippen LogP contribution is -2.53. The number of ether oxygens (including phenoxy) is 2. The van der Waals surface area contributed by atoms with Gasteiger partial charge >= 0.3 is 0 Å². The minimum absolute atomic E-state index is 0.0855. The average Bonchev–Trinajstić information content (AvgIpc) is 3.55. The van der Waals surface area contributed by atoms with Crippen LogP contribution in [0.2, 0.25) is 0 Å². The van der Waals surface area contributed by atoms with Crippen LogP contribution in [-0.2, 0) is 9.59 Å². The molecule has 4 aromatic carbocycles. The van der Waals surface area contributed by atoms with Gasteiger partial charge in [0.25, 0.3) is 5.91 Å². The van der Waals surface area contributed by atoms with Gasteiger partial charge in [-0.25, -0.2) is 4.90 Å². The van der Waals surface area contributed by atoms with Gasteiger partial charge in [-0.1, -0.05) is 70.5 Å². The lowest BCUT2D eigenvalue weighted by molar-refractivity contribution is -0.122. The van der Waals surface area contributed by atoms with E-state index >= 15 is 0 Å². The summed E-state index contributed by atoms with van der Waals surface area (Å²) < 4.78 is 11.6. The van der Waals surface area contributed by atoms with Crippen molar-refractivity contribution in [1.82, 2.24) is 5.01 Å². The molecule has 0 aliphatic carbocycles. The highest BCUT2D eigenvalue weighted by Gasteiger charge is 2.60. The summed E-state index contributed by atoms with van der Waals surface area (Å²) in [5.74, 6) is 0.183. The Morgan fingerprint density at radius 2 is 1.33 bits per heavy atom. The van der Waals surface area contributed by atoms with E-state index in [-0.39, 0.29) is 23.8 Å². The molecule has 3 aliphatic rings. The molecule has 43 heavy (non-hydrogen) atoms. The van der Waals surface area contributed by atoms with Crippen LogP contribution in [0.4, 0.5) is 11.4 Å². The lowest BCUT2D eigenvalue weighted by atomic mass is 9.78. The third-order valence-corrected chi connectivity index (χ3v) is 9.15. The molecule has 0 spiro atoms. The molecule has 2 saturated heterocycles. The van der Waals surface area contributed by atoms with Crippen molar-refractivity contribution in [3.63, 3.8) is 0 Å². The van der Waals surface area contributed by atoms with Gasteiger partial charge in [0.15, 0.2) is 0 Å². The summed E-state index contributed by atoms with van der Waals surface area (Å²) in [6.45, 7) is 0. The number of hydrogen-bond donors (Lipinski definition) is 0. The summed E-state index contributed by atoms with van der Waals surface area (Å²) in [5, 5.41) is 4.29. The number of para-hydroxylation sites is 1. The van der Waals surface area contributed by atoms with Crippen LogP contribution in [0.1, 0.15) is 29.5 Å². The molecule has 216 valence electrons. The number of fused-ring (bicyclic) bond motifs is 3. The molecule has 0 bridgehead atoms. The van der Waals surface area contributed by atoms with E-state index in [4.69, 9.17) is 9.47 Å². The van der Waals surface area contributed by atoms with E-state index in [1.165, 1.54) is 4.90 Å². The van der Waals surface area contributed by atoms with Crippen LogP contribution in [0, 0.1) is 5.92 Å². The van der Waals surface area contributed by atoms with Crippen molar-refractivity contribution in [2.75, 3.05) is 24.1 Å². The Balaban J connectivity index is 1.40. The second-order valence-corrected chi connectivity index (χ2v) is 11.9. The monoisotopic (exact) mass is 635 g/mol. The first-order chi connectivity index (χ1) is 21.0. The fourth-order valence-corrected chi connectivity index (χ4v) is 7.08. The van der Waals surface area contributed by atoms with Gasteiger partial charge in [-0.05, 0) is 65.7 Å². The van der Waals surface area contributed by atoms with Gasteiger partial charge in [0.1, 0.15) is 17.5 Å². The fraction of sp³-hybridized carbons (Fsp3) is 0.200. The quantitative estimate of drug-likeness (QED) is 0.215. The highest BCUT2D eigenvalue weighted by Crippen LogP contribution is 2.52. The number of benzene rings is 4. The molecule has 0 saturated carbocycles. The number of imide groups is 1. The number of allylic oxidation sites excluding steroid dienone is 1. The standard InChI is InChI=1S/C35H30BrN3O4/c1-42-28-15-11-22(12-16-28)30-20-27-21-31(23-13-17-29(43-2)18-14-23)38(25-8-4-3-5-9-25)39(27)33-32(30)34(40)37(35(33)41)26-10-6-7-24(36)19-26/h3-20,30-33H,21H2,1-2H3. The number of amides is 2. The number of carbonyl (C=O) groups excluding carboxylic acids is 2. The topological polar surface area (TPSA) is 62.3 Å². The smallest absolute Gasteiger partial charge is 0.259 e. The third kappa shape index (κ3) is 4.57. The molecule has 2 fully saturated rings. The maximum absolute atomic E-state index is 14.5. The Bertz CT molecular complexity index is 1710. The molecule has 8 heteroatoms. The number of hydrogen-bond acceptors (Lipinski definition) is 6. The largest absolute Gasteiger partial charge is 0.497 e. The predicted octanol–water partition coefficient (Wildman–Crippen LogP) is 6.87. The van der Waals surface area contributed by atoms with E-state index in [1.54, 1.807) is 14.2 Å². The van der Waals surface area contributed by atoms with Crippen LogP contribution in [0.5, 0.6) is 11.5 Å². The molecule has 3 aliphatic heterocycles. The molecule has 4 aromatic rings. The molecular formula is C35H30BrN3O4. The van der Waals surface area contributed by atoms with Gasteiger partial charge in [-0.15, -0.1) is 0 Å². The number of hydrazine groups is 1. The predicted molar refractivity (Wildman–Crippen MR) is 169 cm³/mol. The van der Waals surface area contributed by atoms with E-state index in [1.807, 2.05) is 78.9 Å². The van der Waals surface area contributed by atoms with Gasteiger partial charge in [0.2, 0.25) is 5.91 Å². The van der Waals surface area contributed by atoms with Crippen LogP contribution in [-0.4, -0.2) is 37.1 Å². The molecule has 7 nitrogen and oxygen atoms in total. The Kier molecular flexibility index (Phi) is 6.94. The van der Waals surface area contributed by atoms with E-state index in [0.29, 0.717) is 12.1 Å². The summed E-state index contributed by atoms with van der Waals surface area (Å²) >= 11 is 3.52. The number of halogens is 1. The lowest BCUT2D eigenvalue weighted by Gasteiger charge is -2.43. The van der Waals surface area contributed by atoms with Gasteiger partial charge in [0.05, 0.1) is 37.6 Å². The molecule has 7 rings (SSSR count). The molecule has 0 N–H and O–H groups in total. The average molecular weight is 637 g/mol. The second kappa shape index (κ2) is 10.9. The van der Waals surface area contributed by atoms with Gasteiger partial charge in [-0.3, -0.25) is 19.6 Å². The summed E-state index contributed by atoms with van der Waals surface area (Å²) in [7, 11) is 3.29. The van der Waals surface area contributed by atoms with Crippen LogP contribution in [0.25, 0.3) is 0 Å². The molecule has 0 radical (unpaired) electrons. The summed E-state index contributed by atoms with van der Waals surface area (Å²) in [6.07, 6.45) is 2.87. The summed E-state index contributed by atoms with van der Waals surface area (Å²) in [5.41, 5.74) is 4.60. The first-order valence-corrected chi connectivity index (χ1v) is 15.0. The van der Waals surface area contributed by atoms with Crippen molar-refractivity contribution in [3.8, 4) is 11.5 Å². The Morgan fingerprint density at radius 3 is 1.95 bits per heavy atom. The number of nitrogens with zero attached hydrogens (tertiary/aromatic N) is 3. The molecule has 4 unspecified atom stereocenters. The van der Waals surface area contributed by atoms with E-state index in [9.17, 15) is 9.59 Å². The van der Waals surface area contributed by atoms with E-state index in [2.05, 4.69) is 56.3 Å². The van der Waals surface area contributed by atoms with Crippen molar-refractivity contribution in [3.05, 3.63) is 131 Å². The third-order valence-electron chi connectivity index (χ3n) is 8.65. The van der Waals surface area contributed by atoms with Crippen LogP contribution in [0.15, 0.2) is 119 Å². The van der Waals surface area contributed by atoms with Crippen LogP contribution < -0.4 is 19.4 Å². The Labute approximate surface area is 259 Å².